The van der Waals surface area contributed by atoms with Gasteiger partial charge in [-0.3, -0.25) is 14.5 Å². The van der Waals surface area contributed by atoms with E-state index in [-0.39, 0.29) is 23.0 Å². The summed E-state index contributed by atoms with van der Waals surface area (Å²) in [5, 5.41) is 7.76. The largest absolute Gasteiger partial charge is 0.444 e. The minimum Gasteiger partial charge on any atom is -0.444 e. The van der Waals surface area contributed by atoms with Gasteiger partial charge in [-0.25, -0.2) is 18.4 Å². The first-order valence-electron chi connectivity index (χ1n) is 10.6. The van der Waals surface area contributed by atoms with Gasteiger partial charge in [0.05, 0.1) is 17.5 Å². The maximum Gasteiger partial charge on any atom is 0.410 e. The molecule has 1 fully saturated rings. The van der Waals surface area contributed by atoms with Crippen LogP contribution in [0.5, 0.6) is 0 Å². The van der Waals surface area contributed by atoms with Crippen molar-refractivity contribution in [2.45, 2.75) is 44.2 Å². The summed E-state index contributed by atoms with van der Waals surface area (Å²) < 4.78 is 28.3. The van der Waals surface area contributed by atoms with Crippen LogP contribution in [0.2, 0.25) is 0 Å². The molecule has 2 rings (SSSR count). The Morgan fingerprint density at radius 3 is 2.27 bits per heavy atom. The summed E-state index contributed by atoms with van der Waals surface area (Å²) in [7, 11) is -2.24. The minimum atomic E-state index is -3.89. The van der Waals surface area contributed by atoms with Gasteiger partial charge >= 0.3 is 6.09 Å². The predicted molar refractivity (Wildman–Crippen MR) is 123 cm³/mol. The van der Waals surface area contributed by atoms with Crippen LogP contribution in [-0.4, -0.2) is 92.4 Å². The molecule has 1 aromatic rings. The van der Waals surface area contributed by atoms with Crippen molar-refractivity contribution >= 4 is 33.6 Å². The van der Waals surface area contributed by atoms with Crippen molar-refractivity contribution in [2.24, 2.45) is 5.14 Å². The smallest absolute Gasteiger partial charge is 0.410 e. The summed E-state index contributed by atoms with van der Waals surface area (Å²) in [6.07, 6.45) is -0.400. The van der Waals surface area contributed by atoms with E-state index >= 15 is 0 Å². The molecule has 0 bridgehead atoms. The van der Waals surface area contributed by atoms with Crippen LogP contribution in [0, 0.1) is 0 Å². The number of nitrogens with zero attached hydrogens (tertiary/aromatic N) is 3. The zero-order valence-corrected chi connectivity index (χ0v) is 20.5. The van der Waals surface area contributed by atoms with Crippen molar-refractivity contribution in [1.29, 1.82) is 0 Å². The van der Waals surface area contributed by atoms with Gasteiger partial charge in [0, 0.05) is 31.9 Å². The fraction of sp³-hybridized carbons (Fsp3) is 0.571. The highest BCUT2D eigenvalue weighted by molar-refractivity contribution is 7.89. The van der Waals surface area contributed by atoms with Gasteiger partial charge in [0.1, 0.15) is 5.60 Å². The fourth-order valence-electron chi connectivity index (χ4n) is 3.11. The number of ether oxygens (including phenoxy) is 1. The van der Waals surface area contributed by atoms with E-state index in [2.05, 4.69) is 5.32 Å². The Morgan fingerprint density at radius 2 is 1.73 bits per heavy atom. The van der Waals surface area contributed by atoms with Crippen LogP contribution in [0.4, 0.5) is 10.5 Å². The first kappa shape index (κ1) is 26.6. The van der Waals surface area contributed by atoms with Crippen LogP contribution in [0.25, 0.3) is 0 Å². The second-order valence-electron chi connectivity index (χ2n) is 9.00. The van der Waals surface area contributed by atoms with Crippen LogP contribution >= 0.6 is 0 Å². The highest BCUT2D eigenvalue weighted by atomic mass is 32.2. The van der Waals surface area contributed by atoms with E-state index in [9.17, 15) is 22.8 Å². The molecule has 1 saturated heterocycles. The molecule has 12 heteroatoms. The van der Waals surface area contributed by atoms with E-state index in [1.165, 1.54) is 18.2 Å². The van der Waals surface area contributed by atoms with Gasteiger partial charge in [-0.1, -0.05) is 6.07 Å². The van der Waals surface area contributed by atoms with Crippen LogP contribution in [0.3, 0.4) is 0 Å². The Balaban J connectivity index is 1.87. The number of hydrogen-bond acceptors (Lipinski definition) is 7. The lowest BCUT2D eigenvalue weighted by Gasteiger charge is -2.36. The molecule has 1 heterocycles. The fourth-order valence-corrected chi connectivity index (χ4v) is 3.67. The number of amides is 3. The van der Waals surface area contributed by atoms with Crippen molar-refractivity contribution < 1.29 is 27.5 Å². The second-order valence-corrected chi connectivity index (χ2v) is 10.6. The number of benzene rings is 1. The normalized spacial score (nSPS) is 15.8. The highest BCUT2D eigenvalue weighted by Gasteiger charge is 2.29. The van der Waals surface area contributed by atoms with Crippen molar-refractivity contribution in [3.05, 3.63) is 24.3 Å². The van der Waals surface area contributed by atoms with E-state index in [0.717, 1.165) is 0 Å². The molecular weight excluding hydrogens is 450 g/mol. The monoisotopic (exact) mass is 483 g/mol. The summed E-state index contributed by atoms with van der Waals surface area (Å²) in [5.74, 6) is -0.552. The number of carbonyl (C=O) groups excluding carboxylic acids is 3. The number of likely N-dealkylation sites (N-methyl/N-ethyl adjacent to an activating group) is 1. The predicted octanol–water partition coefficient (Wildman–Crippen LogP) is 0.672. The summed E-state index contributed by atoms with van der Waals surface area (Å²) in [6, 6.07) is 4.98. The molecule has 1 aromatic carbocycles. The number of nitrogens with two attached hydrogens (primary N) is 1. The van der Waals surface area contributed by atoms with Crippen molar-refractivity contribution in [3.63, 3.8) is 0 Å². The van der Waals surface area contributed by atoms with E-state index in [1.807, 2.05) is 0 Å². The molecule has 1 atom stereocenters. The summed E-state index contributed by atoms with van der Waals surface area (Å²) in [5.41, 5.74) is -0.292. The molecule has 3 N–H and O–H groups in total. The molecule has 0 radical (unpaired) electrons. The number of anilines is 1. The lowest BCUT2D eigenvalue weighted by molar-refractivity contribution is -0.135. The lowest BCUT2D eigenvalue weighted by Crippen LogP contribution is -2.54. The molecule has 11 nitrogen and oxygen atoms in total. The number of carbonyl (C=O) groups is 3. The molecule has 0 spiro atoms. The Kier molecular flexibility index (Phi) is 8.44. The third kappa shape index (κ3) is 7.98. The number of sulfonamides is 1. The maximum absolute atomic E-state index is 12.7. The first-order valence-corrected chi connectivity index (χ1v) is 12.1. The number of nitrogens with one attached hydrogen (secondary N) is 1. The van der Waals surface area contributed by atoms with Gasteiger partial charge in [-0.15, -0.1) is 0 Å². The van der Waals surface area contributed by atoms with Crippen LogP contribution < -0.4 is 10.5 Å². The van der Waals surface area contributed by atoms with Gasteiger partial charge in [0.25, 0.3) is 0 Å². The zero-order chi connectivity index (χ0) is 25.0. The molecule has 184 valence electrons. The average Bonchev–Trinajstić information content (AvgIpc) is 2.71. The molecule has 0 aliphatic carbocycles. The van der Waals surface area contributed by atoms with E-state index in [4.69, 9.17) is 9.88 Å². The number of rotatable bonds is 6. The molecule has 1 aliphatic heterocycles. The van der Waals surface area contributed by atoms with Crippen LogP contribution in [-0.2, 0) is 24.3 Å². The van der Waals surface area contributed by atoms with Gasteiger partial charge in [-0.05, 0) is 52.9 Å². The van der Waals surface area contributed by atoms with Crippen molar-refractivity contribution in [3.8, 4) is 0 Å². The van der Waals surface area contributed by atoms with Crippen LogP contribution in [0.1, 0.15) is 27.7 Å². The topological polar surface area (TPSA) is 142 Å². The van der Waals surface area contributed by atoms with Crippen molar-refractivity contribution in [1.82, 2.24) is 14.7 Å². The van der Waals surface area contributed by atoms with Gasteiger partial charge in [-0.2, -0.15) is 0 Å². The van der Waals surface area contributed by atoms with E-state index < -0.39 is 33.7 Å². The third-order valence-electron chi connectivity index (χ3n) is 5.14. The van der Waals surface area contributed by atoms with Gasteiger partial charge in [0.2, 0.25) is 21.8 Å². The van der Waals surface area contributed by atoms with Crippen molar-refractivity contribution in [2.75, 3.05) is 45.1 Å². The summed E-state index contributed by atoms with van der Waals surface area (Å²) >= 11 is 0. The molecule has 0 aromatic heterocycles. The second kappa shape index (κ2) is 10.5. The third-order valence-corrected chi connectivity index (χ3v) is 6.05. The average molecular weight is 484 g/mol. The minimum absolute atomic E-state index is 0.0121. The van der Waals surface area contributed by atoms with Gasteiger partial charge in [0.15, 0.2) is 0 Å². The molecule has 33 heavy (non-hydrogen) atoms. The number of piperazine rings is 1. The lowest BCUT2D eigenvalue weighted by atomic mass is 10.2. The summed E-state index contributed by atoms with van der Waals surface area (Å²) in [4.78, 5) is 42.2. The maximum atomic E-state index is 12.7. The standard InChI is InChI=1S/C21H33N5O6S/c1-15(19(28)23-16-7-6-8-17(13-16)33(22,30)31)24(5)14-18(27)25-9-11-26(12-10-25)20(29)32-21(2,3)4/h6-8,13,15H,9-12,14H2,1-5H3,(H,23,28)(H2,22,30,31)/t15-/m1/s1. The highest BCUT2D eigenvalue weighted by Crippen LogP contribution is 2.15. The Bertz CT molecular complexity index is 983. The number of hydrogen-bond donors (Lipinski definition) is 2. The first-order chi connectivity index (χ1) is 15.2. The Morgan fingerprint density at radius 1 is 1.15 bits per heavy atom. The van der Waals surface area contributed by atoms with Gasteiger partial charge < -0.3 is 19.9 Å². The zero-order valence-electron chi connectivity index (χ0n) is 19.7. The molecule has 0 saturated carbocycles. The van der Waals surface area contributed by atoms with E-state index in [0.29, 0.717) is 26.2 Å². The quantitative estimate of drug-likeness (QED) is 0.605. The molecular formula is C21H33N5O6S. The Hall–Kier alpha value is -2.70. The number of primary sulfonamides is 1. The molecule has 1 aliphatic rings. The van der Waals surface area contributed by atoms with Crippen LogP contribution in [0.15, 0.2) is 29.2 Å². The van der Waals surface area contributed by atoms with E-state index in [1.54, 1.807) is 55.5 Å². The summed E-state index contributed by atoms with van der Waals surface area (Å²) in [6.45, 7) is 8.57. The molecule has 0 unspecified atom stereocenters. The Labute approximate surface area is 194 Å². The SMILES string of the molecule is C[C@H](C(=O)Nc1cccc(S(N)(=O)=O)c1)N(C)CC(=O)N1CCN(C(=O)OC(C)(C)C)CC1. The molecule has 3 amide bonds.